The van der Waals surface area contributed by atoms with Gasteiger partial charge < -0.3 is 9.52 Å². The van der Waals surface area contributed by atoms with Crippen LogP contribution in [0.2, 0.25) is 0 Å². The second-order valence-electron chi connectivity index (χ2n) is 3.46. The molecule has 12 heavy (non-hydrogen) atoms. The zero-order valence-corrected chi connectivity index (χ0v) is 8.30. The van der Waals surface area contributed by atoms with E-state index in [-0.39, 0.29) is 0 Å². The quantitative estimate of drug-likeness (QED) is 0.848. The number of hydrogen-bond donors (Lipinski definition) is 1. The molecule has 0 atom stereocenters. The highest BCUT2D eigenvalue weighted by molar-refractivity contribution is 9.10. The molecule has 1 heterocycles. The van der Waals surface area contributed by atoms with Gasteiger partial charge in [0, 0.05) is 6.42 Å². The second-order valence-corrected chi connectivity index (χ2v) is 4.24. The molecule has 1 aliphatic carbocycles. The third kappa shape index (κ3) is 1.57. The Bertz CT molecular complexity index is 276. The van der Waals surface area contributed by atoms with E-state index in [1.807, 2.05) is 12.1 Å². The van der Waals surface area contributed by atoms with E-state index in [0.29, 0.717) is 6.42 Å². The Morgan fingerprint density at radius 1 is 1.50 bits per heavy atom. The molecule has 2 rings (SSSR count). The topological polar surface area (TPSA) is 33.4 Å². The fraction of sp³-hybridized carbons (Fsp3) is 0.556. The molecule has 0 saturated heterocycles. The maximum atomic E-state index is 9.80. The first-order chi connectivity index (χ1) is 5.68. The van der Waals surface area contributed by atoms with E-state index in [4.69, 9.17) is 4.42 Å². The van der Waals surface area contributed by atoms with Gasteiger partial charge in [0.15, 0.2) is 4.67 Å². The minimum Gasteiger partial charge on any atom is -0.454 e. The molecule has 0 amide bonds. The van der Waals surface area contributed by atoms with Crippen LogP contribution in [0.1, 0.15) is 25.0 Å². The van der Waals surface area contributed by atoms with Gasteiger partial charge in [0.2, 0.25) is 0 Å². The molecule has 0 bridgehead atoms. The lowest BCUT2D eigenvalue weighted by Gasteiger charge is -2.35. The van der Waals surface area contributed by atoms with Crippen molar-refractivity contribution in [2.45, 2.75) is 31.3 Å². The van der Waals surface area contributed by atoms with Crippen molar-refractivity contribution in [3.63, 3.8) is 0 Å². The Hall–Kier alpha value is -0.280. The number of halogens is 1. The van der Waals surface area contributed by atoms with Crippen LogP contribution in [0.5, 0.6) is 0 Å². The van der Waals surface area contributed by atoms with Gasteiger partial charge in [-0.3, -0.25) is 0 Å². The van der Waals surface area contributed by atoms with Crippen molar-refractivity contribution in [1.29, 1.82) is 0 Å². The summed E-state index contributed by atoms with van der Waals surface area (Å²) in [5.74, 6) is 0.865. The summed E-state index contributed by atoms with van der Waals surface area (Å²) < 4.78 is 6.05. The summed E-state index contributed by atoms with van der Waals surface area (Å²) in [5, 5.41) is 9.80. The molecule has 0 spiro atoms. The fourth-order valence-corrected chi connectivity index (χ4v) is 1.87. The SMILES string of the molecule is OC1(Cc2ccc(Br)o2)CCC1. The van der Waals surface area contributed by atoms with E-state index >= 15 is 0 Å². The monoisotopic (exact) mass is 230 g/mol. The Labute approximate surface area is 79.7 Å². The van der Waals surface area contributed by atoms with Crippen molar-refractivity contribution in [2.24, 2.45) is 0 Å². The summed E-state index contributed by atoms with van der Waals surface area (Å²) in [6.45, 7) is 0. The largest absolute Gasteiger partial charge is 0.454 e. The van der Waals surface area contributed by atoms with Crippen molar-refractivity contribution in [3.05, 3.63) is 22.6 Å². The molecular weight excluding hydrogens is 220 g/mol. The molecule has 1 N–H and O–H groups in total. The zero-order chi connectivity index (χ0) is 8.60. The smallest absolute Gasteiger partial charge is 0.169 e. The predicted octanol–water partition coefficient (Wildman–Crippen LogP) is 2.50. The van der Waals surface area contributed by atoms with Crippen molar-refractivity contribution in [2.75, 3.05) is 0 Å². The average Bonchev–Trinajstić information content (AvgIpc) is 2.32. The first-order valence-corrected chi connectivity index (χ1v) is 4.94. The Morgan fingerprint density at radius 3 is 2.67 bits per heavy atom. The molecule has 1 aliphatic rings. The summed E-state index contributed by atoms with van der Waals surface area (Å²) in [5.41, 5.74) is -0.475. The van der Waals surface area contributed by atoms with Gasteiger partial charge in [0.1, 0.15) is 5.76 Å². The lowest BCUT2D eigenvalue weighted by molar-refractivity contribution is -0.0361. The van der Waals surface area contributed by atoms with Gasteiger partial charge in [0.25, 0.3) is 0 Å². The van der Waals surface area contributed by atoms with Crippen LogP contribution in [0, 0.1) is 0 Å². The second kappa shape index (κ2) is 2.89. The van der Waals surface area contributed by atoms with Gasteiger partial charge in [-0.05, 0) is 47.3 Å². The van der Waals surface area contributed by atoms with E-state index in [9.17, 15) is 5.11 Å². The lowest BCUT2D eigenvalue weighted by atomic mass is 9.77. The third-order valence-electron chi connectivity index (χ3n) is 2.42. The minimum absolute atomic E-state index is 0.475. The van der Waals surface area contributed by atoms with Crippen LogP contribution >= 0.6 is 15.9 Å². The zero-order valence-electron chi connectivity index (χ0n) is 6.72. The maximum absolute atomic E-state index is 9.80. The normalized spacial score (nSPS) is 20.5. The van der Waals surface area contributed by atoms with Crippen LogP contribution in [0.25, 0.3) is 0 Å². The molecule has 0 aliphatic heterocycles. The van der Waals surface area contributed by atoms with Crippen LogP contribution in [-0.4, -0.2) is 10.7 Å². The Balaban J connectivity index is 2.03. The summed E-state index contributed by atoms with van der Waals surface area (Å²) in [6.07, 6.45) is 3.60. The molecular formula is C9H11BrO2. The number of hydrogen-bond acceptors (Lipinski definition) is 2. The van der Waals surface area contributed by atoms with Gasteiger partial charge in [-0.2, -0.15) is 0 Å². The first kappa shape index (κ1) is 8.32. The maximum Gasteiger partial charge on any atom is 0.169 e. The molecule has 1 saturated carbocycles. The van der Waals surface area contributed by atoms with Gasteiger partial charge in [0.05, 0.1) is 5.60 Å². The van der Waals surface area contributed by atoms with E-state index in [1.165, 1.54) is 0 Å². The molecule has 1 aromatic rings. The molecule has 3 heteroatoms. The van der Waals surface area contributed by atoms with Crippen molar-refractivity contribution in [1.82, 2.24) is 0 Å². The summed E-state index contributed by atoms with van der Waals surface area (Å²) in [4.78, 5) is 0. The lowest BCUT2D eigenvalue weighted by Crippen LogP contribution is -2.38. The highest BCUT2D eigenvalue weighted by atomic mass is 79.9. The van der Waals surface area contributed by atoms with E-state index in [0.717, 1.165) is 29.7 Å². The Morgan fingerprint density at radius 2 is 2.25 bits per heavy atom. The summed E-state index contributed by atoms with van der Waals surface area (Å²) >= 11 is 3.23. The van der Waals surface area contributed by atoms with Crippen molar-refractivity contribution in [3.8, 4) is 0 Å². The van der Waals surface area contributed by atoms with Crippen molar-refractivity contribution < 1.29 is 9.52 Å². The molecule has 0 aromatic carbocycles. The summed E-state index contributed by atoms with van der Waals surface area (Å²) in [6, 6.07) is 3.76. The highest BCUT2D eigenvalue weighted by Gasteiger charge is 2.35. The highest BCUT2D eigenvalue weighted by Crippen LogP contribution is 2.35. The standard InChI is InChI=1S/C9H11BrO2/c10-8-3-2-7(12-8)6-9(11)4-1-5-9/h2-3,11H,1,4-6H2. The number of rotatable bonds is 2. The fourth-order valence-electron chi connectivity index (χ4n) is 1.53. The van der Waals surface area contributed by atoms with E-state index in [2.05, 4.69) is 15.9 Å². The van der Waals surface area contributed by atoms with Crippen LogP contribution in [0.4, 0.5) is 0 Å². The molecule has 0 unspecified atom stereocenters. The van der Waals surface area contributed by atoms with Gasteiger partial charge in [-0.1, -0.05) is 0 Å². The van der Waals surface area contributed by atoms with Crippen molar-refractivity contribution >= 4 is 15.9 Å². The Kier molecular flexibility index (Phi) is 2.00. The molecule has 66 valence electrons. The van der Waals surface area contributed by atoms with E-state index in [1.54, 1.807) is 0 Å². The van der Waals surface area contributed by atoms with Crippen LogP contribution < -0.4 is 0 Å². The van der Waals surface area contributed by atoms with E-state index < -0.39 is 5.60 Å². The van der Waals surface area contributed by atoms with Crippen LogP contribution in [-0.2, 0) is 6.42 Å². The van der Waals surface area contributed by atoms with Gasteiger partial charge >= 0.3 is 0 Å². The minimum atomic E-state index is -0.475. The molecule has 2 nitrogen and oxygen atoms in total. The molecule has 1 fully saturated rings. The molecule has 0 radical (unpaired) electrons. The molecule has 1 aromatic heterocycles. The predicted molar refractivity (Wildman–Crippen MR) is 48.9 cm³/mol. The average molecular weight is 231 g/mol. The van der Waals surface area contributed by atoms with Gasteiger partial charge in [-0.25, -0.2) is 0 Å². The number of furan rings is 1. The van der Waals surface area contributed by atoms with Crippen LogP contribution in [0.3, 0.4) is 0 Å². The van der Waals surface area contributed by atoms with Crippen LogP contribution in [0.15, 0.2) is 21.2 Å². The summed E-state index contributed by atoms with van der Waals surface area (Å²) in [7, 11) is 0. The first-order valence-electron chi connectivity index (χ1n) is 4.15. The number of aliphatic hydroxyl groups is 1. The third-order valence-corrected chi connectivity index (χ3v) is 2.84. The van der Waals surface area contributed by atoms with Gasteiger partial charge in [-0.15, -0.1) is 0 Å².